The van der Waals surface area contributed by atoms with Crippen molar-refractivity contribution >= 4 is 29.9 Å². The number of rotatable bonds is 6. The van der Waals surface area contributed by atoms with Crippen molar-refractivity contribution in [2.24, 2.45) is 4.99 Å². The molecule has 0 aliphatic carbocycles. The first-order valence-corrected chi connectivity index (χ1v) is 9.59. The number of hydrogen-bond acceptors (Lipinski definition) is 4. The van der Waals surface area contributed by atoms with Crippen LogP contribution in [0.4, 0.5) is 0 Å². The number of methoxy groups -OCH3 is 3. The number of aliphatic imine (C=N–C) groups is 1. The van der Waals surface area contributed by atoms with Gasteiger partial charge in [0.1, 0.15) is 0 Å². The molecule has 0 saturated carbocycles. The van der Waals surface area contributed by atoms with E-state index in [1.165, 1.54) is 11.1 Å². The van der Waals surface area contributed by atoms with E-state index in [-0.39, 0.29) is 24.0 Å². The van der Waals surface area contributed by atoms with E-state index < -0.39 is 0 Å². The summed E-state index contributed by atoms with van der Waals surface area (Å²) in [6.45, 7) is 5.21. The fourth-order valence-corrected chi connectivity index (χ4v) is 3.55. The molecule has 0 atom stereocenters. The van der Waals surface area contributed by atoms with Gasteiger partial charge in [-0.2, -0.15) is 0 Å². The van der Waals surface area contributed by atoms with Crippen LogP contribution >= 0.6 is 24.0 Å². The maximum absolute atomic E-state index is 5.59. The molecule has 0 aromatic heterocycles. The van der Waals surface area contributed by atoms with Crippen LogP contribution in [0.25, 0.3) is 0 Å². The zero-order valence-electron chi connectivity index (χ0n) is 17.5. The van der Waals surface area contributed by atoms with Gasteiger partial charge in [0.25, 0.3) is 0 Å². The number of nitrogens with one attached hydrogen (secondary N) is 1. The van der Waals surface area contributed by atoms with E-state index >= 15 is 0 Å². The molecule has 158 valence electrons. The molecule has 1 aliphatic heterocycles. The molecule has 0 bridgehead atoms. The lowest BCUT2D eigenvalue weighted by molar-refractivity contribution is 0.322. The maximum atomic E-state index is 5.59. The third-order valence-corrected chi connectivity index (χ3v) is 4.95. The van der Waals surface area contributed by atoms with Gasteiger partial charge in [0, 0.05) is 25.2 Å². The van der Waals surface area contributed by atoms with E-state index in [1.807, 2.05) is 12.1 Å². The summed E-state index contributed by atoms with van der Waals surface area (Å²) in [4.78, 5) is 7.18. The minimum atomic E-state index is 0. The van der Waals surface area contributed by atoms with Crippen LogP contribution in [0.5, 0.6) is 17.2 Å². The summed E-state index contributed by atoms with van der Waals surface area (Å²) in [5, 5.41) is 3.42. The third kappa shape index (κ3) is 5.26. The molecule has 6 nitrogen and oxygen atoms in total. The summed E-state index contributed by atoms with van der Waals surface area (Å²) < 4.78 is 16.4. The van der Waals surface area contributed by atoms with E-state index in [2.05, 4.69) is 41.4 Å². The van der Waals surface area contributed by atoms with Gasteiger partial charge in [-0.1, -0.05) is 24.3 Å². The van der Waals surface area contributed by atoms with Crippen molar-refractivity contribution in [2.75, 3.05) is 34.4 Å². The number of halogens is 1. The van der Waals surface area contributed by atoms with Crippen molar-refractivity contribution in [3.8, 4) is 17.2 Å². The Morgan fingerprint density at radius 2 is 1.72 bits per heavy atom. The van der Waals surface area contributed by atoms with E-state index in [4.69, 9.17) is 19.2 Å². The van der Waals surface area contributed by atoms with E-state index in [0.717, 1.165) is 37.6 Å². The maximum Gasteiger partial charge on any atom is 0.203 e. The average molecular weight is 511 g/mol. The number of ether oxygens (including phenoxy) is 3. The van der Waals surface area contributed by atoms with Gasteiger partial charge in [-0.25, -0.2) is 4.99 Å². The molecule has 2 aromatic carbocycles. The first-order chi connectivity index (χ1) is 13.7. The molecular formula is C22H30IN3O3. The van der Waals surface area contributed by atoms with Crippen LogP contribution in [0.3, 0.4) is 0 Å². The van der Waals surface area contributed by atoms with Gasteiger partial charge in [0.2, 0.25) is 5.75 Å². The zero-order valence-corrected chi connectivity index (χ0v) is 19.9. The number of guanidine groups is 1. The second-order valence-electron chi connectivity index (χ2n) is 6.60. The molecule has 0 fully saturated rings. The van der Waals surface area contributed by atoms with Gasteiger partial charge in [-0.05, 0) is 36.6 Å². The van der Waals surface area contributed by atoms with Crippen LogP contribution in [0.1, 0.15) is 23.6 Å². The number of hydrogen-bond donors (Lipinski definition) is 1. The van der Waals surface area contributed by atoms with Crippen LogP contribution in [0.2, 0.25) is 0 Å². The van der Waals surface area contributed by atoms with Crippen LogP contribution in [-0.2, 0) is 19.5 Å². The fraction of sp³-hybridized carbons (Fsp3) is 0.409. The second kappa shape index (κ2) is 11.1. The molecule has 1 N–H and O–H groups in total. The van der Waals surface area contributed by atoms with Crippen molar-refractivity contribution in [1.82, 2.24) is 10.2 Å². The molecule has 0 spiro atoms. The molecule has 1 aliphatic rings. The van der Waals surface area contributed by atoms with Crippen molar-refractivity contribution in [3.05, 3.63) is 53.1 Å². The molecular weight excluding hydrogens is 481 g/mol. The molecule has 0 unspecified atom stereocenters. The minimum Gasteiger partial charge on any atom is -0.493 e. The highest BCUT2D eigenvalue weighted by Crippen LogP contribution is 2.40. The Bertz CT molecular complexity index is 842. The lowest BCUT2D eigenvalue weighted by atomic mass is 10.0. The van der Waals surface area contributed by atoms with Crippen molar-refractivity contribution in [3.63, 3.8) is 0 Å². The van der Waals surface area contributed by atoms with Gasteiger partial charge in [0.05, 0.1) is 27.9 Å². The van der Waals surface area contributed by atoms with Gasteiger partial charge >= 0.3 is 0 Å². The quantitative estimate of drug-likeness (QED) is 0.363. The van der Waals surface area contributed by atoms with Crippen LogP contribution in [0.15, 0.2) is 41.4 Å². The minimum absolute atomic E-state index is 0. The van der Waals surface area contributed by atoms with Crippen molar-refractivity contribution in [2.45, 2.75) is 26.4 Å². The number of benzene rings is 2. The van der Waals surface area contributed by atoms with Gasteiger partial charge < -0.3 is 24.4 Å². The highest BCUT2D eigenvalue weighted by atomic mass is 127. The smallest absolute Gasteiger partial charge is 0.203 e. The summed E-state index contributed by atoms with van der Waals surface area (Å²) in [5.41, 5.74) is 3.74. The lowest BCUT2D eigenvalue weighted by Gasteiger charge is -2.31. The molecule has 7 heteroatoms. The number of nitrogens with zero attached hydrogens (tertiary/aromatic N) is 2. The topological polar surface area (TPSA) is 55.3 Å². The molecule has 3 rings (SSSR count). The van der Waals surface area contributed by atoms with E-state index in [1.54, 1.807) is 21.3 Å². The predicted molar refractivity (Wildman–Crippen MR) is 127 cm³/mol. The van der Waals surface area contributed by atoms with Crippen molar-refractivity contribution < 1.29 is 14.2 Å². The Balaban J connectivity index is 0.00000300. The SMILES string of the molecule is CCNC(=NCc1ccc(OC)c(OC)c1OC)N1CCc2ccccc2C1.I. The monoisotopic (exact) mass is 511 g/mol. The first-order valence-electron chi connectivity index (χ1n) is 9.59. The molecule has 1 heterocycles. The van der Waals surface area contributed by atoms with Crippen LogP contribution < -0.4 is 19.5 Å². The normalized spacial score (nSPS) is 13.2. The fourth-order valence-electron chi connectivity index (χ4n) is 3.55. The Morgan fingerprint density at radius 1 is 1.00 bits per heavy atom. The lowest BCUT2D eigenvalue weighted by Crippen LogP contribution is -2.44. The second-order valence-corrected chi connectivity index (χ2v) is 6.60. The molecule has 0 radical (unpaired) electrons. The molecule has 0 amide bonds. The Labute approximate surface area is 190 Å². The summed E-state index contributed by atoms with van der Waals surface area (Å²) in [5.74, 6) is 2.81. The van der Waals surface area contributed by atoms with Gasteiger partial charge in [-0.3, -0.25) is 0 Å². The Hall–Kier alpha value is -2.16. The van der Waals surface area contributed by atoms with Crippen molar-refractivity contribution in [1.29, 1.82) is 0 Å². The average Bonchev–Trinajstić information content (AvgIpc) is 2.75. The summed E-state index contributed by atoms with van der Waals surface area (Å²) in [6, 6.07) is 12.5. The summed E-state index contributed by atoms with van der Waals surface area (Å²) >= 11 is 0. The number of fused-ring (bicyclic) bond motifs is 1. The first kappa shape index (κ1) is 23.1. The Kier molecular flexibility index (Phi) is 8.88. The summed E-state index contributed by atoms with van der Waals surface area (Å²) in [6.07, 6.45) is 1.03. The van der Waals surface area contributed by atoms with Gasteiger partial charge in [-0.15, -0.1) is 24.0 Å². The Morgan fingerprint density at radius 3 is 2.38 bits per heavy atom. The largest absolute Gasteiger partial charge is 0.493 e. The van der Waals surface area contributed by atoms with Crippen LogP contribution in [0, 0.1) is 0 Å². The highest BCUT2D eigenvalue weighted by molar-refractivity contribution is 14.0. The van der Waals surface area contributed by atoms with Gasteiger partial charge in [0.15, 0.2) is 17.5 Å². The molecule has 0 saturated heterocycles. The molecule has 29 heavy (non-hydrogen) atoms. The standard InChI is InChI=1S/C22H29N3O3.HI/c1-5-23-22(25-13-12-16-8-6-7-9-18(16)15-25)24-14-17-10-11-19(26-2)21(28-4)20(17)27-3;/h6-11H,5,12-15H2,1-4H3,(H,23,24);1H. The predicted octanol–water partition coefficient (Wildman–Crippen LogP) is 3.85. The third-order valence-electron chi connectivity index (χ3n) is 4.95. The van der Waals surface area contributed by atoms with E-state index in [9.17, 15) is 0 Å². The summed E-state index contributed by atoms with van der Waals surface area (Å²) in [7, 11) is 4.87. The zero-order chi connectivity index (χ0) is 19.9. The highest BCUT2D eigenvalue weighted by Gasteiger charge is 2.20. The molecule has 2 aromatic rings. The van der Waals surface area contributed by atoms with Crippen LogP contribution in [-0.4, -0.2) is 45.3 Å². The van der Waals surface area contributed by atoms with E-state index in [0.29, 0.717) is 23.8 Å².